The summed E-state index contributed by atoms with van der Waals surface area (Å²) < 4.78 is 78.9. The Morgan fingerprint density at radius 1 is 1.27 bits per heavy atom. The normalized spacial score (nSPS) is 46.5. The van der Waals surface area contributed by atoms with Gasteiger partial charge in [-0.1, -0.05) is 0 Å². The summed E-state index contributed by atoms with van der Waals surface area (Å²) >= 11 is 0. The molecule has 2 rings (SSSR count). The van der Waals surface area contributed by atoms with Gasteiger partial charge in [0.15, 0.2) is 6.23 Å². The molecule has 0 aromatic carbocycles. The van der Waals surface area contributed by atoms with Crippen molar-refractivity contribution in [2.75, 3.05) is 6.11 Å². The van der Waals surface area contributed by atoms with Crippen molar-refractivity contribution in [1.82, 2.24) is 10.2 Å². The number of hydrogen-bond acceptors (Lipinski definition) is 8. The van der Waals surface area contributed by atoms with Crippen LogP contribution in [-0.2, 0) is 18.4 Å². The van der Waals surface area contributed by atoms with Crippen molar-refractivity contribution in [2.24, 2.45) is 0 Å². The highest BCUT2D eigenvalue weighted by molar-refractivity contribution is 8.61. The number of rotatable bonds is 5. The molecule has 150 valence electrons. The summed E-state index contributed by atoms with van der Waals surface area (Å²) in [5.41, 5.74) is 0. The van der Waals surface area contributed by atoms with Crippen molar-refractivity contribution in [3.63, 3.8) is 0 Å². The Hall–Kier alpha value is -0.620. The molecular formula is C9H17N2O12P3. The first kappa shape index (κ1) is 15.3. The van der Waals surface area contributed by atoms with Gasteiger partial charge in [0.25, 0.3) is 7.06 Å². The van der Waals surface area contributed by atoms with E-state index >= 15 is 0 Å². The Bertz CT molecular complexity index is 971. The molecule has 0 radical (unpaired) electrons. The van der Waals surface area contributed by atoms with E-state index in [1.54, 1.807) is 5.32 Å². The molecule has 3 unspecified atom stereocenters. The van der Waals surface area contributed by atoms with E-state index in [2.05, 4.69) is 4.74 Å². The van der Waals surface area contributed by atoms with E-state index in [-0.39, 0.29) is 4.90 Å². The molecule has 26 heavy (non-hydrogen) atoms. The third kappa shape index (κ3) is 3.82. The number of nitrogens with zero attached hydrogens (tertiary/aromatic N) is 1. The number of ether oxygens (including phenoxy) is 1. The van der Waals surface area contributed by atoms with Gasteiger partial charge in [0.05, 0.1) is 16.3 Å². The molecule has 2 aliphatic rings. The van der Waals surface area contributed by atoms with E-state index in [0.717, 1.165) is 0 Å². The van der Waals surface area contributed by atoms with E-state index in [1.807, 2.05) is 0 Å². The molecule has 0 bridgehead atoms. The van der Waals surface area contributed by atoms with Gasteiger partial charge >= 0.3 is 20.1 Å². The van der Waals surface area contributed by atoms with Gasteiger partial charge in [-0.2, -0.15) is 0 Å². The van der Waals surface area contributed by atoms with Crippen molar-refractivity contribution < 1.29 is 65.0 Å². The maximum Gasteiger partial charge on any atom is 0.417 e. The smallest absolute Gasteiger partial charge is 0.387 e. The van der Waals surface area contributed by atoms with Crippen molar-refractivity contribution in [2.45, 2.75) is 30.7 Å². The molecule has 0 spiro atoms. The quantitative estimate of drug-likeness (QED) is 0.212. The highest BCUT2D eigenvalue weighted by Gasteiger charge is 2.59. The summed E-state index contributed by atoms with van der Waals surface area (Å²) in [6.45, 7) is -6.70. The maximum atomic E-state index is 12.5. The minimum atomic E-state index is -6.78. The lowest BCUT2D eigenvalue weighted by Crippen LogP contribution is -2.53. The number of carbonyl (C=O) groups excluding carboxylic acids is 1. The van der Waals surface area contributed by atoms with Gasteiger partial charge in [0.2, 0.25) is 0 Å². The van der Waals surface area contributed by atoms with Gasteiger partial charge < -0.3 is 44.9 Å². The minimum Gasteiger partial charge on any atom is -0.387 e. The average molecular weight is 443 g/mol. The maximum absolute atomic E-state index is 12.5. The molecule has 2 heterocycles. The summed E-state index contributed by atoms with van der Waals surface area (Å²) in [7, 11) is -13.2. The van der Waals surface area contributed by atoms with Crippen molar-refractivity contribution in [3.05, 3.63) is 12.3 Å². The predicted octanol–water partition coefficient (Wildman–Crippen LogP) is -2.16. The monoisotopic (exact) mass is 443 g/mol. The fourth-order valence-electron chi connectivity index (χ4n) is 1.79. The Morgan fingerprint density at radius 3 is 2.38 bits per heavy atom. The van der Waals surface area contributed by atoms with Gasteiger partial charge in [-0.15, -0.1) is 0 Å². The van der Waals surface area contributed by atoms with Gasteiger partial charge in [0, 0.05) is 8.94 Å². The number of carbonyl (C=O) groups is 1. The molecule has 17 heteroatoms. The number of hydrogen-bond donors (Lipinski definition) is 8. The highest BCUT2D eigenvalue weighted by atomic mass is 32.5. The number of urea groups is 1. The standard InChI is InChI=1S/C9H17N2O12P3/c12-5-1-2-11(9(15)10-5)8-7(14)6(13)4(23-8)3-24(16,17)26(21,22)25(18,19)20/h1-2,4-8,12-14H,3H2,(H,10,15)(H,16,17)(H,21,22)(H2,18,19,20)/t4-,5?,6-,7-,8-/m1/s1/i1D,3D2,4D,6D. The van der Waals surface area contributed by atoms with E-state index in [4.69, 9.17) is 16.6 Å². The summed E-state index contributed by atoms with van der Waals surface area (Å²) in [4.78, 5) is 49.4. The second-order valence-corrected chi connectivity index (χ2v) is 15.7. The van der Waals surface area contributed by atoms with Crippen LogP contribution < -0.4 is 5.32 Å². The topological polar surface area (TPSA) is 234 Å². The van der Waals surface area contributed by atoms with Crippen LogP contribution in [0.25, 0.3) is 0 Å². The first-order valence-corrected chi connectivity index (χ1v) is 12.7. The molecular weight excluding hydrogens is 421 g/mol. The zero-order valence-electron chi connectivity index (χ0n) is 17.3. The molecule has 1 fully saturated rings. The molecule has 2 amide bonds. The number of amides is 2. The third-order valence-corrected chi connectivity index (χ3v) is 13.7. The van der Waals surface area contributed by atoms with Gasteiger partial charge in [-0.3, -0.25) is 14.0 Å². The third-order valence-electron chi connectivity index (χ3n) is 3.10. The Morgan fingerprint density at radius 2 is 1.85 bits per heavy atom. The summed E-state index contributed by atoms with van der Waals surface area (Å²) in [5.74, 6) is 0. The number of aliphatic hydroxyl groups excluding tert-OH is 2. The van der Waals surface area contributed by atoms with Crippen LogP contribution >= 0.6 is 21.1 Å². The largest absolute Gasteiger partial charge is 0.417 e. The number of nitrogens with one attached hydrogen (secondary N) is 1. The lowest BCUT2D eigenvalue weighted by atomic mass is 10.1. The van der Waals surface area contributed by atoms with Gasteiger partial charge in [-0.05, 0) is 6.05 Å². The van der Waals surface area contributed by atoms with Crippen LogP contribution in [0, 0.1) is 0 Å². The molecule has 0 saturated carbocycles. The fourth-order valence-corrected chi connectivity index (χ4v) is 7.53. The van der Waals surface area contributed by atoms with E-state index in [9.17, 15) is 43.6 Å². The minimum absolute atomic E-state index is 0.176. The Balaban J connectivity index is 2.63. The molecule has 14 nitrogen and oxygen atoms in total. The van der Waals surface area contributed by atoms with E-state index in [0.29, 0.717) is 6.20 Å². The summed E-state index contributed by atoms with van der Waals surface area (Å²) in [6.07, 6.45) is -19.4. The molecule has 0 aliphatic carbocycles. The molecule has 1 saturated heterocycles. The second-order valence-electron chi connectivity index (χ2n) is 4.91. The van der Waals surface area contributed by atoms with Crippen LogP contribution in [-0.4, -0.2) is 82.7 Å². The molecule has 8 N–H and O–H groups in total. The van der Waals surface area contributed by atoms with E-state index in [1.165, 1.54) is 0 Å². The second kappa shape index (κ2) is 7.08. The molecule has 0 aromatic rings. The predicted molar refractivity (Wildman–Crippen MR) is 82.8 cm³/mol. The Kier molecular flexibility index (Phi) is 4.17. The van der Waals surface area contributed by atoms with Crippen molar-refractivity contribution >= 4 is 27.1 Å². The highest BCUT2D eigenvalue weighted by Crippen LogP contribution is 2.94. The zero-order chi connectivity index (χ0) is 24.6. The van der Waals surface area contributed by atoms with Crippen molar-refractivity contribution in [3.8, 4) is 0 Å². The van der Waals surface area contributed by atoms with Crippen LogP contribution in [0.5, 0.6) is 0 Å². The van der Waals surface area contributed by atoms with Gasteiger partial charge in [0.1, 0.15) is 18.4 Å². The lowest BCUT2D eigenvalue weighted by Gasteiger charge is -2.31. The SMILES string of the molecule is [2H]C1=CN([C@@H]2O[C@]([2H])(C([2H])([2H])P(=O)(O)P(=O)(O)P(=O)(O)O)[C@@]([2H])(O)[C@H]2O)C(=O)NC1O. The van der Waals surface area contributed by atoms with Crippen LogP contribution in [0.15, 0.2) is 12.3 Å². The number of aliphatic hydroxyl groups is 3. The molecule has 2 aliphatic heterocycles. The summed E-state index contributed by atoms with van der Waals surface area (Å²) in [6, 6.07) is -2.10. The van der Waals surface area contributed by atoms with Crippen LogP contribution in [0.1, 0.15) is 6.85 Å². The van der Waals surface area contributed by atoms with Gasteiger partial charge in [-0.25, -0.2) is 9.36 Å². The first-order chi connectivity index (χ1) is 13.6. The van der Waals surface area contributed by atoms with Crippen LogP contribution in [0.3, 0.4) is 0 Å². The van der Waals surface area contributed by atoms with Crippen LogP contribution in [0.4, 0.5) is 4.79 Å². The first-order valence-electron chi connectivity index (χ1n) is 8.83. The fraction of sp³-hybridized carbons (Fsp3) is 0.667. The Labute approximate surface area is 152 Å². The van der Waals surface area contributed by atoms with E-state index < -0.39 is 70.0 Å². The molecule has 0 aromatic heterocycles. The average Bonchev–Trinajstić information content (AvgIpc) is 2.78. The summed E-state index contributed by atoms with van der Waals surface area (Å²) in [5, 5.41) is 31.6. The lowest BCUT2D eigenvalue weighted by molar-refractivity contribution is -0.0519. The molecule has 7 atom stereocenters. The van der Waals surface area contributed by atoms with Crippen LogP contribution in [0.2, 0.25) is 0 Å². The zero-order valence-corrected chi connectivity index (χ0v) is 15.0. The van der Waals surface area contributed by atoms with Crippen molar-refractivity contribution in [1.29, 1.82) is 0 Å².